The summed E-state index contributed by atoms with van der Waals surface area (Å²) < 4.78 is 0. The first kappa shape index (κ1) is 13.5. The van der Waals surface area contributed by atoms with Gasteiger partial charge < -0.3 is 10.4 Å². The number of phenols is 1. The Bertz CT molecular complexity index is 943. The number of aliphatic imine (C=N–C) groups is 1. The maximum absolute atomic E-state index is 12.1. The molecule has 1 aliphatic rings. The fraction of sp³-hybridized carbons (Fsp3) is 0.0526. The second-order valence-electron chi connectivity index (χ2n) is 5.47. The van der Waals surface area contributed by atoms with Gasteiger partial charge in [-0.05, 0) is 29.7 Å². The van der Waals surface area contributed by atoms with Crippen molar-refractivity contribution in [1.82, 2.24) is 0 Å². The number of anilines is 1. The average Bonchev–Trinajstić information content (AvgIpc) is 2.74. The van der Waals surface area contributed by atoms with Crippen molar-refractivity contribution in [1.29, 1.82) is 0 Å². The molecule has 3 aromatic carbocycles. The average molecular weight is 302 g/mol. The molecule has 0 fully saturated rings. The van der Waals surface area contributed by atoms with Crippen molar-refractivity contribution < 1.29 is 9.90 Å². The normalized spacial score (nSPS) is 13.9. The van der Waals surface area contributed by atoms with Crippen LogP contribution in [0.4, 0.5) is 5.69 Å². The van der Waals surface area contributed by atoms with Crippen molar-refractivity contribution in [2.45, 2.75) is 0 Å². The largest absolute Gasteiger partial charge is 0.508 e. The molecule has 2 N–H and O–H groups in total. The van der Waals surface area contributed by atoms with Gasteiger partial charge in [-0.1, -0.05) is 36.4 Å². The van der Waals surface area contributed by atoms with Crippen LogP contribution in [0, 0.1) is 0 Å². The van der Waals surface area contributed by atoms with Crippen LogP contribution in [0.3, 0.4) is 0 Å². The predicted octanol–water partition coefficient (Wildman–Crippen LogP) is 3.33. The Hall–Kier alpha value is -3.14. The summed E-state index contributed by atoms with van der Waals surface area (Å²) in [5.74, 6) is 0.0762. The zero-order chi connectivity index (χ0) is 15.8. The van der Waals surface area contributed by atoms with Gasteiger partial charge in [0.1, 0.15) is 12.3 Å². The summed E-state index contributed by atoms with van der Waals surface area (Å²) in [6, 6.07) is 18.8. The standard InChI is InChI=1S/C19H14N2O2/c22-14-8-5-13(6-9-14)18-16-10-7-12-3-1-2-4-15(12)19(16)21-17(23)11-20-18/h1-10,22H,11H2,(H,21,23). The lowest BCUT2D eigenvalue weighted by Crippen LogP contribution is -2.13. The van der Waals surface area contributed by atoms with Gasteiger partial charge in [-0.2, -0.15) is 0 Å². The molecule has 0 bridgehead atoms. The Labute approximate surface area is 133 Å². The number of phenolic OH excluding ortho intramolecular Hbond substituents is 1. The van der Waals surface area contributed by atoms with E-state index in [4.69, 9.17) is 0 Å². The van der Waals surface area contributed by atoms with E-state index in [9.17, 15) is 9.90 Å². The number of amides is 1. The van der Waals surface area contributed by atoms with E-state index in [1.54, 1.807) is 12.1 Å². The number of aromatic hydroxyl groups is 1. The molecule has 0 saturated heterocycles. The van der Waals surface area contributed by atoms with Crippen molar-refractivity contribution in [3.63, 3.8) is 0 Å². The van der Waals surface area contributed by atoms with Gasteiger partial charge in [-0.3, -0.25) is 9.79 Å². The van der Waals surface area contributed by atoms with E-state index < -0.39 is 0 Å². The molecule has 0 saturated carbocycles. The molecule has 3 aromatic rings. The lowest BCUT2D eigenvalue weighted by molar-refractivity contribution is -0.114. The SMILES string of the molecule is O=C1CN=C(c2ccc(O)cc2)c2ccc3ccccc3c2N1. The molecule has 0 unspecified atom stereocenters. The van der Waals surface area contributed by atoms with Crippen LogP contribution >= 0.6 is 0 Å². The molecule has 0 atom stereocenters. The van der Waals surface area contributed by atoms with Gasteiger partial charge in [0.25, 0.3) is 0 Å². The minimum atomic E-state index is -0.128. The zero-order valence-electron chi connectivity index (χ0n) is 12.3. The van der Waals surface area contributed by atoms with Gasteiger partial charge in [0.05, 0.1) is 11.4 Å². The molecule has 4 rings (SSSR count). The maximum atomic E-state index is 12.1. The summed E-state index contributed by atoms with van der Waals surface area (Å²) >= 11 is 0. The van der Waals surface area contributed by atoms with E-state index in [1.807, 2.05) is 48.5 Å². The Morgan fingerprint density at radius 1 is 0.957 bits per heavy atom. The van der Waals surface area contributed by atoms with Gasteiger partial charge in [0.2, 0.25) is 5.91 Å². The Morgan fingerprint density at radius 3 is 2.57 bits per heavy atom. The molecule has 0 aromatic heterocycles. The number of fused-ring (bicyclic) bond motifs is 3. The van der Waals surface area contributed by atoms with Crippen LogP contribution in [0.2, 0.25) is 0 Å². The van der Waals surface area contributed by atoms with Crippen molar-refractivity contribution >= 4 is 28.1 Å². The zero-order valence-corrected chi connectivity index (χ0v) is 12.3. The molecule has 0 aliphatic carbocycles. The Kier molecular flexibility index (Phi) is 3.08. The number of rotatable bonds is 1. The molecule has 112 valence electrons. The highest BCUT2D eigenvalue weighted by atomic mass is 16.3. The third kappa shape index (κ3) is 2.34. The van der Waals surface area contributed by atoms with Crippen LogP contribution in [0.25, 0.3) is 10.8 Å². The molecule has 1 aliphatic heterocycles. The quantitative estimate of drug-likeness (QED) is 0.724. The molecule has 23 heavy (non-hydrogen) atoms. The number of hydrogen-bond acceptors (Lipinski definition) is 3. The molecular weight excluding hydrogens is 288 g/mol. The van der Waals surface area contributed by atoms with Crippen molar-refractivity contribution in [2.75, 3.05) is 11.9 Å². The molecule has 1 amide bonds. The minimum absolute atomic E-state index is 0.0826. The van der Waals surface area contributed by atoms with Crippen LogP contribution < -0.4 is 5.32 Å². The number of carbonyl (C=O) groups is 1. The number of benzene rings is 3. The van der Waals surface area contributed by atoms with Crippen molar-refractivity contribution in [2.24, 2.45) is 4.99 Å². The smallest absolute Gasteiger partial charge is 0.246 e. The van der Waals surface area contributed by atoms with Crippen LogP contribution in [0.1, 0.15) is 11.1 Å². The predicted molar refractivity (Wildman–Crippen MR) is 91.2 cm³/mol. The lowest BCUT2D eigenvalue weighted by atomic mass is 9.96. The fourth-order valence-electron chi connectivity index (χ4n) is 2.88. The highest BCUT2D eigenvalue weighted by Crippen LogP contribution is 2.31. The molecule has 4 heteroatoms. The fourth-order valence-corrected chi connectivity index (χ4v) is 2.88. The maximum Gasteiger partial charge on any atom is 0.246 e. The van der Waals surface area contributed by atoms with Crippen LogP contribution in [0.5, 0.6) is 5.75 Å². The molecular formula is C19H14N2O2. The van der Waals surface area contributed by atoms with Gasteiger partial charge >= 0.3 is 0 Å². The molecule has 0 spiro atoms. The molecule has 0 radical (unpaired) electrons. The van der Waals surface area contributed by atoms with Crippen LogP contribution in [-0.2, 0) is 4.79 Å². The third-order valence-electron chi connectivity index (χ3n) is 3.97. The number of nitrogens with zero attached hydrogens (tertiary/aromatic N) is 1. The second-order valence-corrected chi connectivity index (χ2v) is 5.47. The minimum Gasteiger partial charge on any atom is -0.508 e. The first-order chi connectivity index (χ1) is 11.2. The van der Waals surface area contributed by atoms with E-state index >= 15 is 0 Å². The Balaban J connectivity index is 1.98. The first-order valence-corrected chi connectivity index (χ1v) is 7.38. The van der Waals surface area contributed by atoms with Gasteiger partial charge in [0, 0.05) is 16.5 Å². The highest BCUT2D eigenvalue weighted by molar-refractivity contribution is 6.22. The summed E-state index contributed by atoms with van der Waals surface area (Å²) in [6.45, 7) is 0.0826. The van der Waals surface area contributed by atoms with E-state index in [0.717, 1.165) is 33.3 Å². The van der Waals surface area contributed by atoms with E-state index in [-0.39, 0.29) is 18.2 Å². The third-order valence-corrected chi connectivity index (χ3v) is 3.97. The first-order valence-electron chi connectivity index (χ1n) is 7.38. The molecule has 4 nitrogen and oxygen atoms in total. The van der Waals surface area contributed by atoms with Gasteiger partial charge in [-0.25, -0.2) is 0 Å². The van der Waals surface area contributed by atoms with Crippen molar-refractivity contribution in [3.05, 3.63) is 71.8 Å². The monoisotopic (exact) mass is 302 g/mol. The van der Waals surface area contributed by atoms with Gasteiger partial charge in [0.15, 0.2) is 0 Å². The van der Waals surface area contributed by atoms with Crippen LogP contribution in [0.15, 0.2) is 65.7 Å². The summed E-state index contributed by atoms with van der Waals surface area (Å²) in [6.07, 6.45) is 0. The molecule has 1 heterocycles. The second kappa shape index (κ2) is 5.25. The van der Waals surface area contributed by atoms with Gasteiger partial charge in [-0.15, -0.1) is 0 Å². The summed E-state index contributed by atoms with van der Waals surface area (Å²) in [7, 11) is 0. The lowest BCUT2D eigenvalue weighted by Gasteiger charge is -2.13. The topological polar surface area (TPSA) is 61.7 Å². The number of hydrogen-bond donors (Lipinski definition) is 2. The highest BCUT2D eigenvalue weighted by Gasteiger charge is 2.19. The summed E-state index contributed by atoms with van der Waals surface area (Å²) in [5.41, 5.74) is 3.30. The number of carbonyl (C=O) groups excluding carboxylic acids is 1. The Morgan fingerprint density at radius 2 is 1.74 bits per heavy atom. The van der Waals surface area contributed by atoms with Crippen LogP contribution in [-0.4, -0.2) is 23.3 Å². The summed E-state index contributed by atoms with van der Waals surface area (Å²) in [4.78, 5) is 16.5. The van der Waals surface area contributed by atoms with E-state index in [0.29, 0.717) is 0 Å². The van der Waals surface area contributed by atoms with E-state index in [1.165, 1.54) is 0 Å². The number of nitrogens with one attached hydrogen (secondary N) is 1. The van der Waals surface area contributed by atoms with Crippen molar-refractivity contribution in [3.8, 4) is 5.75 Å². The summed E-state index contributed by atoms with van der Waals surface area (Å²) in [5, 5.41) is 14.5. The van der Waals surface area contributed by atoms with E-state index in [2.05, 4.69) is 10.3 Å².